The molecule has 7 nitrogen and oxygen atoms in total. The first-order valence-electron chi connectivity index (χ1n) is 10.0. The van der Waals surface area contributed by atoms with E-state index in [-0.39, 0.29) is 53.0 Å². The highest BCUT2D eigenvalue weighted by atomic mass is 16.2. The Morgan fingerprint density at radius 2 is 1.70 bits per heavy atom. The van der Waals surface area contributed by atoms with E-state index in [0.717, 1.165) is 0 Å². The van der Waals surface area contributed by atoms with Crippen LogP contribution in [0, 0.1) is 5.92 Å². The predicted octanol–water partition coefficient (Wildman–Crippen LogP) is 1.86. The third-order valence-electron chi connectivity index (χ3n) is 5.56. The van der Waals surface area contributed by atoms with Crippen molar-refractivity contribution in [1.82, 2.24) is 10.2 Å². The highest BCUT2D eigenvalue weighted by Crippen LogP contribution is 2.32. The molecule has 0 aromatic heterocycles. The number of hydrogen-bond donors (Lipinski definition) is 2. The summed E-state index contributed by atoms with van der Waals surface area (Å²) >= 11 is 0. The molecule has 1 fully saturated rings. The van der Waals surface area contributed by atoms with Crippen LogP contribution in [0.25, 0.3) is 0 Å². The van der Waals surface area contributed by atoms with Gasteiger partial charge in [-0.3, -0.25) is 24.1 Å². The summed E-state index contributed by atoms with van der Waals surface area (Å²) in [6, 6.07) is 11.2. The third kappa shape index (κ3) is 3.41. The van der Waals surface area contributed by atoms with Crippen molar-refractivity contribution in [3.8, 4) is 0 Å². The van der Waals surface area contributed by atoms with Crippen LogP contribution in [0.3, 0.4) is 0 Å². The highest BCUT2D eigenvalue weighted by Gasteiger charge is 2.34. The lowest BCUT2D eigenvalue weighted by molar-refractivity contribution is -0.132. The zero-order valence-corrected chi connectivity index (χ0v) is 16.9. The number of carbonyl (C=O) groups is 4. The number of rotatable bonds is 4. The number of carbonyl (C=O) groups excluding carboxylic acids is 4. The summed E-state index contributed by atoms with van der Waals surface area (Å²) in [5.41, 5.74) is 1.52. The Labute approximate surface area is 174 Å². The molecule has 2 amide bonds. The van der Waals surface area contributed by atoms with Crippen LogP contribution in [0.15, 0.2) is 42.5 Å². The Morgan fingerprint density at radius 3 is 2.40 bits per heavy atom. The third-order valence-corrected chi connectivity index (χ3v) is 5.56. The molecule has 2 aliphatic rings. The Bertz CT molecular complexity index is 1060. The molecule has 2 N–H and O–H groups in total. The molecule has 1 saturated heterocycles. The fourth-order valence-electron chi connectivity index (χ4n) is 4.26. The average molecular weight is 405 g/mol. The summed E-state index contributed by atoms with van der Waals surface area (Å²) in [5, 5.41) is 5.62. The second kappa shape index (κ2) is 7.84. The summed E-state index contributed by atoms with van der Waals surface area (Å²) in [5.74, 6) is -0.878. The Kier molecular flexibility index (Phi) is 5.22. The van der Waals surface area contributed by atoms with Crippen LogP contribution < -0.4 is 10.6 Å². The van der Waals surface area contributed by atoms with E-state index in [1.165, 1.54) is 0 Å². The van der Waals surface area contributed by atoms with Gasteiger partial charge in [0, 0.05) is 29.8 Å². The van der Waals surface area contributed by atoms with Crippen LogP contribution in [0.2, 0.25) is 0 Å². The van der Waals surface area contributed by atoms with E-state index in [2.05, 4.69) is 10.6 Å². The van der Waals surface area contributed by atoms with Crippen LogP contribution in [0.1, 0.15) is 45.7 Å². The van der Waals surface area contributed by atoms with Crippen LogP contribution in [-0.4, -0.2) is 54.0 Å². The van der Waals surface area contributed by atoms with Gasteiger partial charge in [0.15, 0.2) is 11.6 Å². The maximum absolute atomic E-state index is 13.1. The minimum absolute atomic E-state index is 0.0264. The first kappa shape index (κ1) is 20.0. The zero-order valence-electron chi connectivity index (χ0n) is 16.9. The second-order valence-corrected chi connectivity index (χ2v) is 7.93. The van der Waals surface area contributed by atoms with E-state index < -0.39 is 0 Å². The summed E-state index contributed by atoms with van der Waals surface area (Å²) in [6.45, 7) is 4.96. The van der Waals surface area contributed by atoms with Crippen molar-refractivity contribution in [1.29, 1.82) is 0 Å². The summed E-state index contributed by atoms with van der Waals surface area (Å²) in [6.07, 6.45) is 0. The number of ketones is 2. The first-order chi connectivity index (χ1) is 14.4. The number of amides is 2. The SMILES string of the molecule is CC(C)C1C(=O)NCCN1CC(=O)Nc1cccc2c1C(=O)c1ccccc1C2=O. The summed E-state index contributed by atoms with van der Waals surface area (Å²) < 4.78 is 0. The van der Waals surface area contributed by atoms with Gasteiger partial charge in [-0.2, -0.15) is 0 Å². The molecular weight excluding hydrogens is 382 g/mol. The van der Waals surface area contributed by atoms with Crippen molar-refractivity contribution in [2.24, 2.45) is 5.92 Å². The highest BCUT2D eigenvalue weighted by molar-refractivity contribution is 6.30. The lowest BCUT2D eigenvalue weighted by atomic mass is 9.83. The molecule has 1 unspecified atom stereocenters. The molecule has 7 heteroatoms. The number of piperazine rings is 1. The second-order valence-electron chi connectivity index (χ2n) is 7.93. The average Bonchev–Trinajstić information content (AvgIpc) is 2.71. The Hall–Kier alpha value is -3.32. The minimum Gasteiger partial charge on any atom is -0.353 e. The molecule has 154 valence electrons. The number of anilines is 1. The molecule has 1 aliphatic carbocycles. The molecule has 1 atom stereocenters. The normalized spacial score (nSPS) is 18.6. The zero-order chi connectivity index (χ0) is 21.4. The van der Waals surface area contributed by atoms with Crippen LogP contribution in [0.4, 0.5) is 5.69 Å². The van der Waals surface area contributed by atoms with E-state index in [9.17, 15) is 19.2 Å². The van der Waals surface area contributed by atoms with E-state index in [0.29, 0.717) is 29.9 Å². The number of fused-ring (bicyclic) bond motifs is 2. The number of hydrogen-bond acceptors (Lipinski definition) is 5. The van der Waals surface area contributed by atoms with Gasteiger partial charge < -0.3 is 10.6 Å². The molecule has 0 radical (unpaired) electrons. The monoisotopic (exact) mass is 405 g/mol. The van der Waals surface area contributed by atoms with Gasteiger partial charge in [-0.05, 0) is 12.0 Å². The maximum Gasteiger partial charge on any atom is 0.238 e. The van der Waals surface area contributed by atoms with Gasteiger partial charge in [0.1, 0.15) is 0 Å². The molecule has 0 spiro atoms. The molecule has 1 aliphatic heterocycles. The van der Waals surface area contributed by atoms with Crippen LogP contribution in [-0.2, 0) is 9.59 Å². The molecule has 0 saturated carbocycles. The lowest BCUT2D eigenvalue weighted by Gasteiger charge is -2.36. The van der Waals surface area contributed by atoms with Gasteiger partial charge in [0.25, 0.3) is 0 Å². The van der Waals surface area contributed by atoms with Gasteiger partial charge in [0.05, 0.1) is 23.8 Å². The Morgan fingerprint density at radius 1 is 1.03 bits per heavy atom. The largest absolute Gasteiger partial charge is 0.353 e. The molecule has 30 heavy (non-hydrogen) atoms. The fourth-order valence-corrected chi connectivity index (χ4v) is 4.26. The van der Waals surface area contributed by atoms with Crippen molar-refractivity contribution in [3.63, 3.8) is 0 Å². The van der Waals surface area contributed by atoms with Gasteiger partial charge >= 0.3 is 0 Å². The van der Waals surface area contributed by atoms with Gasteiger partial charge in [0.2, 0.25) is 11.8 Å². The first-order valence-corrected chi connectivity index (χ1v) is 10.0. The number of nitrogens with one attached hydrogen (secondary N) is 2. The van der Waals surface area contributed by atoms with Gasteiger partial charge in [-0.1, -0.05) is 50.2 Å². The van der Waals surface area contributed by atoms with Crippen LogP contribution >= 0.6 is 0 Å². The molecular formula is C23H23N3O4. The fraction of sp³-hybridized carbons (Fsp3) is 0.304. The van der Waals surface area contributed by atoms with E-state index in [1.807, 2.05) is 18.7 Å². The standard InChI is InChI=1S/C23H23N3O4/c1-13(2)20-23(30)24-10-11-26(20)12-18(27)25-17-9-5-8-16-19(17)22(29)15-7-4-3-6-14(15)21(16)28/h3-9,13,20H,10-12H2,1-2H3,(H,24,30)(H,25,27). The van der Waals surface area contributed by atoms with Crippen molar-refractivity contribution in [2.75, 3.05) is 25.0 Å². The van der Waals surface area contributed by atoms with E-state index in [1.54, 1.807) is 42.5 Å². The lowest BCUT2D eigenvalue weighted by Crippen LogP contribution is -2.58. The van der Waals surface area contributed by atoms with Crippen molar-refractivity contribution in [2.45, 2.75) is 19.9 Å². The topological polar surface area (TPSA) is 95.6 Å². The molecule has 2 aromatic carbocycles. The van der Waals surface area contributed by atoms with Crippen LogP contribution in [0.5, 0.6) is 0 Å². The molecule has 4 rings (SSSR count). The molecule has 1 heterocycles. The number of nitrogens with zero attached hydrogens (tertiary/aromatic N) is 1. The van der Waals surface area contributed by atoms with Crippen molar-refractivity contribution in [3.05, 3.63) is 64.7 Å². The summed E-state index contributed by atoms with van der Waals surface area (Å²) in [4.78, 5) is 52.8. The molecule has 2 aromatic rings. The van der Waals surface area contributed by atoms with Crippen molar-refractivity contribution >= 4 is 29.1 Å². The minimum atomic E-state index is -0.385. The van der Waals surface area contributed by atoms with Gasteiger partial charge in [-0.25, -0.2) is 0 Å². The van der Waals surface area contributed by atoms with E-state index in [4.69, 9.17) is 0 Å². The summed E-state index contributed by atoms with van der Waals surface area (Å²) in [7, 11) is 0. The molecule has 0 bridgehead atoms. The van der Waals surface area contributed by atoms with E-state index >= 15 is 0 Å². The number of benzene rings is 2. The predicted molar refractivity (Wildman–Crippen MR) is 112 cm³/mol. The van der Waals surface area contributed by atoms with Gasteiger partial charge in [-0.15, -0.1) is 0 Å². The smallest absolute Gasteiger partial charge is 0.238 e. The Balaban J connectivity index is 1.59. The maximum atomic E-state index is 13.1. The quantitative estimate of drug-likeness (QED) is 0.691. The van der Waals surface area contributed by atoms with Crippen molar-refractivity contribution < 1.29 is 19.2 Å².